The van der Waals surface area contributed by atoms with Crippen molar-refractivity contribution in [1.29, 1.82) is 0 Å². The summed E-state index contributed by atoms with van der Waals surface area (Å²) in [4.78, 5) is 155. The maximum atomic E-state index is 13.6. The molecule has 31 heteroatoms. The van der Waals surface area contributed by atoms with Gasteiger partial charge < -0.3 is 95.7 Å². The van der Waals surface area contributed by atoms with E-state index in [1.165, 1.54) is 11.8 Å². The average molecular weight is 1100 g/mol. The summed E-state index contributed by atoms with van der Waals surface area (Å²) in [7, 11) is 0. The third-order valence-corrected chi connectivity index (χ3v) is 11.4. The van der Waals surface area contributed by atoms with Crippen molar-refractivity contribution in [1.82, 2.24) is 47.9 Å². The predicted octanol–water partition coefficient (Wildman–Crippen LogP) is -7.56. The largest absolute Gasteiger partial charge is 0.481 e. The third-order valence-electron chi connectivity index (χ3n) is 10.8. The molecule has 30 nitrogen and oxygen atoms in total. The fraction of sp³-hybridized carbons (Fsp3) is 0.727. The smallest absolute Gasteiger partial charge is 0.326 e. The number of carbonyl (C=O) groups is 12. The van der Waals surface area contributed by atoms with Crippen LogP contribution in [0.25, 0.3) is 0 Å². The number of aliphatic carboxylic acids is 2. The minimum Gasteiger partial charge on any atom is -0.481 e. The number of hydrogen-bond donors (Lipinski definition) is 18. The van der Waals surface area contributed by atoms with Crippen LogP contribution in [0.3, 0.4) is 0 Å². The summed E-state index contributed by atoms with van der Waals surface area (Å²) < 4.78 is 0. The second-order valence-electron chi connectivity index (χ2n) is 18.3. The standard InChI is InChI=1S/C44H78N12O18S/c1-20(2)13-25(49-35(64)23(46)9-7-8-11-45)37(66)48-24(10-12-75-6)36(65)53-30(18-58)41(70)55-29(17-57)40(69)50-26(15-32(47)61)38(67)54-31(19-59)42(71)56-34(22(5)60)43(72)51-27(16-33(62)63)39(68)52-28(44(73)74)14-21(3)4/h20-31,34,57-60H,7-19,45-46H2,1-6H3,(H2,47,61)(H,48,66)(H,49,64)(H,50,69)(H,51,72)(H,52,68)(H,53,65)(H,54,67)(H,55,70)(H,56,71)(H,62,63)(H,73,74)/t22-,23+,24+,25+,26+,27+,28+,29+,30+,31+,34+/m1/s1. The molecule has 10 amide bonds. The average Bonchev–Trinajstić information content (AvgIpc) is 3.32. The molecule has 75 heavy (non-hydrogen) atoms. The molecule has 0 fully saturated rings. The van der Waals surface area contributed by atoms with Gasteiger partial charge in [0.05, 0.1) is 44.8 Å². The first-order valence-corrected chi connectivity index (χ1v) is 25.4. The molecule has 0 saturated heterocycles. The van der Waals surface area contributed by atoms with E-state index in [4.69, 9.17) is 17.2 Å². The van der Waals surface area contributed by atoms with Crippen molar-refractivity contribution in [3.63, 3.8) is 0 Å². The van der Waals surface area contributed by atoms with Gasteiger partial charge in [0.2, 0.25) is 59.1 Å². The lowest BCUT2D eigenvalue weighted by molar-refractivity contribution is -0.144. The van der Waals surface area contributed by atoms with E-state index in [0.717, 1.165) is 6.92 Å². The monoisotopic (exact) mass is 1090 g/mol. The minimum absolute atomic E-state index is 0.00544. The van der Waals surface area contributed by atoms with Crippen molar-refractivity contribution in [3.05, 3.63) is 0 Å². The highest BCUT2D eigenvalue weighted by Crippen LogP contribution is 2.11. The lowest BCUT2D eigenvalue weighted by Gasteiger charge is -2.27. The summed E-state index contributed by atoms with van der Waals surface area (Å²) in [5.74, 6) is -14.7. The number of aliphatic hydroxyl groups is 4. The van der Waals surface area contributed by atoms with Crippen molar-refractivity contribution in [2.24, 2.45) is 29.0 Å². The van der Waals surface area contributed by atoms with E-state index in [9.17, 15) is 88.2 Å². The van der Waals surface area contributed by atoms with Gasteiger partial charge >= 0.3 is 11.9 Å². The molecule has 0 aliphatic rings. The zero-order valence-electron chi connectivity index (χ0n) is 42.9. The van der Waals surface area contributed by atoms with Crippen molar-refractivity contribution < 1.29 is 88.2 Å². The van der Waals surface area contributed by atoms with Crippen molar-refractivity contribution in [2.75, 3.05) is 38.4 Å². The van der Waals surface area contributed by atoms with Crippen molar-refractivity contribution in [2.45, 2.75) is 153 Å². The zero-order chi connectivity index (χ0) is 57.7. The Morgan fingerprint density at radius 1 is 0.480 bits per heavy atom. The Balaban J connectivity index is 6.19. The highest BCUT2D eigenvalue weighted by Gasteiger charge is 2.37. The highest BCUT2D eigenvalue weighted by molar-refractivity contribution is 7.98. The number of carboxylic acids is 2. The molecule has 0 spiro atoms. The molecule has 21 N–H and O–H groups in total. The molecule has 0 aromatic carbocycles. The van der Waals surface area contributed by atoms with Gasteiger partial charge in [0, 0.05) is 0 Å². The van der Waals surface area contributed by atoms with Crippen LogP contribution >= 0.6 is 11.8 Å². The maximum Gasteiger partial charge on any atom is 0.326 e. The van der Waals surface area contributed by atoms with Crippen LogP contribution in [0.4, 0.5) is 0 Å². The molecule has 0 aromatic rings. The quantitative estimate of drug-likeness (QED) is 0.0255. The summed E-state index contributed by atoms with van der Waals surface area (Å²) in [6, 6.07) is -16.7. The van der Waals surface area contributed by atoms with E-state index in [2.05, 4.69) is 26.6 Å². The summed E-state index contributed by atoms with van der Waals surface area (Å²) in [5, 5.41) is 79.2. The number of unbranched alkanes of at least 4 members (excludes halogenated alkanes) is 1. The molecule has 0 radical (unpaired) electrons. The summed E-state index contributed by atoms with van der Waals surface area (Å²) >= 11 is 1.31. The number of aliphatic hydroxyl groups excluding tert-OH is 4. The summed E-state index contributed by atoms with van der Waals surface area (Å²) in [6.45, 7) is 4.76. The van der Waals surface area contributed by atoms with E-state index >= 15 is 0 Å². The normalized spacial score (nSPS) is 15.6. The van der Waals surface area contributed by atoms with Crippen molar-refractivity contribution in [3.8, 4) is 0 Å². The summed E-state index contributed by atoms with van der Waals surface area (Å²) in [5.41, 5.74) is 16.8. The lowest BCUT2D eigenvalue weighted by Crippen LogP contribution is -2.63. The molecule has 0 aliphatic carbocycles. The SMILES string of the molecule is CSCC[C@H](NC(=O)[C@H](CC(C)C)NC(=O)[C@@H](N)CCCCN)C(=O)N[C@@H](CO)C(=O)N[C@@H](CO)C(=O)N[C@@H](CC(N)=O)C(=O)N[C@@H](CO)C(=O)N[C@H](C(=O)N[C@@H](CC(=O)O)C(=O)N[C@@H](CC(C)C)C(=O)O)[C@@H](C)O. The maximum absolute atomic E-state index is 13.6. The van der Waals surface area contributed by atoms with E-state index in [1.807, 2.05) is 21.3 Å². The first kappa shape index (κ1) is 68.8. The Kier molecular flexibility index (Phi) is 32.9. The lowest BCUT2D eigenvalue weighted by atomic mass is 10.0. The molecular formula is C44H78N12O18S. The van der Waals surface area contributed by atoms with Gasteiger partial charge in [-0.05, 0) is 69.4 Å². The molecule has 0 bridgehead atoms. The van der Waals surface area contributed by atoms with Gasteiger partial charge in [0.25, 0.3) is 0 Å². The number of primary amides is 1. The molecule has 428 valence electrons. The van der Waals surface area contributed by atoms with Crippen LogP contribution in [0, 0.1) is 11.8 Å². The summed E-state index contributed by atoms with van der Waals surface area (Å²) in [6.07, 6.45) is -0.578. The van der Waals surface area contributed by atoms with E-state index in [-0.39, 0.29) is 31.1 Å². The molecule has 0 unspecified atom stereocenters. The fourth-order valence-corrected chi connectivity index (χ4v) is 7.22. The minimum atomic E-state index is -2.04. The first-order chi connectivity index (χ1) is 35.1. The number of thioether (sulfide) groups is 1. The van der Waals surface area contributed by atoms with E-state index in [0.29, 0.717) is 31.6 Å². The Hall–Kier alpha value is -6.25. The molecule has 0 aliphatic heterocycles. The fourth-order valence-electron chi connectivity index (χ4n) is 6.75. The Morgan fingerprint density at radius 3 is 1.27 bits per heavy atom. The number of nitrogens with one attached hydrogen (secondary N) is 9. The first-order valence-electron chi connectivity index (χ1n) is 24.0. The number of carboxylic acid groups (broad SMARTS) is 2. The molecule has 0 heterocycles. The van der Waals surface area contributed by atoms with Gasteiger partial charge in [-0.25, -0.2) is 4.79 Å². The molecule has 0 saturated carbocycles. The van der Waals surface area contributed by atoms with E-state index < -0.39 is 170 Å². The van der Waals surface area contributed by atoms with Gasteiger partial charge in [0.1, 0.15) is 54.4 Å². The Bertz CT molecular complexity index is 1950. The Morgan fingerprint density at radius 2 is 0.853 bits per heavy atom. The van der Waals surface area contributed by atoms with Crippen LogP contribution < -0.4 is 65.1 Å². The van der Waals surface area contributed by atoms with Gasteiger partial charge in [-0.3, -0.25) is 52.7 Å². The van der Waals surface area contributed by atoms with Crippen LogP contribution in [0.15, 0.2) is 0 Å². The van der Waals surface area contributed by atoms with Crippen LogP contribution in [-0.2, 0) is 57.5 Å². The number of amides is 10. The van der Waals surface area contributed by atoms with Crippen LogP contribution in [-0.4, -0.2) is 207 Å². The second kappa shape index (κ2) is 35.9. The zero-order valence-corrected chi connectivity index (χ0v) is 43.7. The van der Waals surface area contributed by atoms with E-state index in [1.54, 1.807) is 34.0 Å². The molecule has 0 aromatic heterocycles. The predicted molar refractivity (Wildman–Crippen MR) is 267 cm³/mol. The van der Waals surface area contributed by atoms with Crippen molar-refractivity contribution >= 4 is 82.8 Å². The number of rotatable bonds is 38. The van der Waals surface area contributed by atoms with Crippen LogP contribution in [0.5, 0.6) is 0 Å². The van der Waals surface area contributed by atoms with Gasteiger partial charge in [-0.2, -0.15) is 11.8 Å². The Labute approximate surface area is 437 Å². The number of nitrogens with two attached hydrogens (primary N) is 3. The number of hydrogen-bond acceptors (Lipinski definition) is 19. The number of carbonyl (C=O) groups excluding carboxylic acids is 10. The van der Waals surface area contributed by atoms with Gasteiger partial charge in [-0.1, -0.05) is 34.1 Å². The molecule has 0 rings (SSSR count). The van der Waals surface area contributed by atoms with Gasteiger partial charge in [-0.15, -0.1) is 0 Å². The second-order valence-corrected chi connectivity index (χ2v) is 19.3. The third kappa shape index (κ3) is 26.7. The topological polar surface area (TPSA) is 513 Å². The molecule has 11 atom stereocenters. The highest BCUT2D eigenvalue weighted by atomic mass is 32.2. The van der Waals surface area contributed by atoms with Gasteiger partial charge in [0.15, 0.2) is 0 Å². The van der Waals surface area contributed by atoms with Crippen LogP contribution in [0.1, 0.15) is 86.0 Å². The molecular weight excluding hydrogens is 1020 g/mol. The van der Waals surface area contributed by atoms with Crippen LogP contribution in [0.2, 0.25) is 0 Å².